The Hall–Kier alpha value is -2.32. The first-order valence-corrected chi connectivity index (χ1v) is 4.62. The Morgan fingerprint density at radius 2 is 2.38 bits per heavy atom. The smallest absolute Gasteiger partial charge is 0.357 e. The fourth-order valence-corrected chi connectivity index (χ4v) is 1.41. The molecule has 0 aliphatic rings. The number of carboxylic acid groups (broad SMARTS) is 1. The molecule has 0 atom stereocenters. The molecule has 0 fully saturated rings. The predicted octanol–water partition coefficient (Wildman–Crippen LogP) is 0.571. The lowest BCUT2D eigenvalue weighted by Crippen LogP contribution is -1.97. The van der Waals surface area contributed by atoms with Gasteiger partial charge in [0.1, 0.15) is 0 Å². The molecule has 16 heavy (non-hydrogen) atoms. The van der Waals surface area contributed by atoms with Gasteiger partial charge in [0.2, 0.25) is 0 Å². The van der Waals surface area contributed by atoms with Crippen LogP contribution in [-0.4, -0.2) is 27.8 Å². The van der Waals surface area contributed by atoms with Gasteiger partial charge in [-0.1, -0.05) is 11.8 Å². The van der Waals surface area contributed by atoms with E-state index in [1.807, 2.05) is 0 Å². The van der Waals surface area contributed by atoms with Gasteiger partial charge in [0.25, 0.3) is 0 Å². The molecule has 0 radical (unpaired) electrons. The van der Waals surface area contributed by atoms with Gasteiger partial charge in [0.15, 0.2) is 5.69 Å². The third-order valence-electron chi connectivity index (χ3n) is 2.10. The van der Waals surface area contributed by atoms with Gasteiger partial charge < -0.3 is 10.8 Å². The van der Waals surface area contributed by atoms with Crippen molar-refractivity contribution in [2.45, 2.75) is 0 Å². The van der Waals surface area contributed by atoms with E-state index in [0.29, 0.717) is 10.9 Å². The Balaban J connectivity index is 2.58. The van der Waals surface area contributed by atoms with Crippen LogP contribution in [0.4, 0.5) is 0 Å². The number of H-pyrrole nitrogens is 1. The van der Waals surface area contributed by atoms with Crippen LogP contribution in [-0.2, 0) is 0 Å². The number of carboxylic acids is 1. The summed E-state index contributed by atoms with van der Waals surface area (Å²) in [5.74, 6) is 4.49. The van der Waals surface area contributed by atoms with Crippen LogP contribution in [0.15, 0.2) is 18.2 Å². The van der Waals surface area contributed by atoms with Gasteiger partial charge in [-0.2, -0.15) is 5.10 Å². The van der Waals surface area contributed by atoms with Crippen LogP contribution < -0.4 is 5.73 Å². The Morgan fingerprint density at radius 3 is 3.06 bits per heavy atom. The topological polar surface area (TPSA) is 92.0 Å². The zero-order valence-corrected chi connectivity index (χ0v) is 8.32. The number of carbonyl (C=O) groups is 1. The fourth-order valence-electron chi connectivity index (χ4n) is 1.41. The highest BCUT2D eigenvalue weighted by Gasteiger charge is 2.12. The highest BCUT2D eigenvalue weighted by molar-refractivity contribution is 6.01. The van der Waals surface area contributed by atoms with E-state index in [1.54, 1.807) is 18.2 Å². The Bertz CT molecular complexity index is 604. The van der Waals surface area contributed by atoms with Crippen molar-refractivity contribution in [2.24, 2.45) is 5.73 Å². The van der Waals surface area contributed by atoms with Gasteiger partial charge in [-0.25, -0.2) is 4.79 Å². The molecule has 0 amide bonds. The van der Waals surface area contributed by atoms with Gasteiger partial charge in [-0.15, -0.1) is 0 Å². The second-order valence-electron chi connectivity index (χ2n) is 3.14. The first kappa shape index (κ1) is 10.2. The third kappa shape index (κ3) is 1.74. The summed E-state index contributed by atoms with van der Waals surface area (Å²) in [4.78, 5) is 10.9. The first-order chi connectivity index (χ1) is 7.72. The van der Waals surface area contributed by atoms with Gasteiger partial charge >= 0.3 is 5.97 Å². The minimum Gasteiger partial charge on any atom is -0.476 e. The molecule has 0 aliphatic heterocycles. The van der Waals surface area contributed by atoms with Crippen LogP contribution in [0.3, 0.4) is 0 Å². The highest BCUT2D eigenvalue weighted by Crippen LogP contribution is 2.17. The standard InChI is InChI=1S/C11H9N3O2/c12-5-1-2-7-3-4-9-8(6-7)10(11(15)16)14-13-9/h3-4,6H,5,12H2,(H,13,14)(H,15,16). The van der Waals surface area contributed by atoms with Crippen molar-refractivity contribution in [3.63, 3.8) is 0 Å². The molecule has 2 aromatic rings. The summed E-state index contributed by atoms with van der Waals surface area (Å²) < 4.78 is 0. The second kappa shape index (κ2) is 4.04. The van der Waals surface area contributed by atoms with Crippen molar-refractivity contribution in [1.82, 2.24) is 10.2 Å². The SMILES string of the molecule is NCC#Cc1ccc2[nH]nc(C(=O)O)c2c1. The van der Waals surface area contributed by atoms with Crippen molar-refractivity contribution in [3.8, 4) is 11.8 Å². The van der Waals surface area contributed by atoms with Crippen molar-refractivity contribution in [3.05, 3.63) is 29.5 Å². The van der Waals surface area contributed by atoms with Crippen LogP contribution in [0.2, 0.25) is 0 Å². The molecular formula is C11H9N3O2. The van der Waals surface area contributed by atoms with E-state index in [4.69, 9.17) is 10.8 Å². The van der Waals surface area contributed by atoms with E-state index in [9.17, 15) is 4.79 Å². The average molecular weight is 215 g/mol. The monoisotopic (exact) mass is 215 g/mol. The molecule has 1 aromatic heterocycles. The Labute approximate surface area is 91.3 Å². The molecule has 4 N–H and O–H groups in total. The summed E-state index contributed by atoms with van der Waals surface area (Å²) in [5, 5.41) is 15.8. The second-order valence-corrected chi connectivity index (χ2v) is 3.14. The average Bonchev–Trinajstić information content (AvgIpc) is 2.69. The highest BCUT2D eigenvalue weighted by atomic mass is 16.4. The number of aromatic amines is 1. The minimum absolute atomic E-state index is 0.00592. The van der Waals surface area contributed by atoms with E-state index in [2.05, 4.69) is 22.0 Å². The molecule has 0 unspecified atom stereocenters. The van der Waals surface area contributed by atoms with Gasteiger partial charge in [0.05, 0.1) is 12.1 Å². The Morgan fingerprint density at radius 1 is 1.56 bits per heavy atom. The van der Waals surface area contributed by atoms with Crippen LogP contribution in [0, 0.1) is 11.8 Å². The van der Waals surface area contributed by atoms with Crippen molar-refractivity contribution < 1.29 is 9.90 Å². The maximum Gasteiger partial charge on any atom is 0.357 e. The molecule has 2 rings (SSSR count). The lowest BCUT2D eigenvalue weighted by Gasteiger charge is -1.92. The number of hydrogen-bond donors (Lipinski definition) is 3. The van der Waals surface area contributed by atoms with Crippen LogP contribution in [0.5, 0.6) is 0 Å². The summed E-state index contributed by atoms with van der Waals surface area (Å²) in [6.07, 6.45) is 0. The number of benzene rings is 1. The van der Waals surface area contributed by atoms with Crippen molar-refractivity contribution in [2.75, 3.05) is 6.54 Å². The summed E-state index contributed by atoms with van der Waals surface area (Å²) >= 11 is 0. The zero-order valence-electron chi connectivity index (χ0n) is 8.32. The molecule has 0 aliphatic carbocycles. The zero-order chi connectivity index (χ0) is 11.5. The summed E-state index contributed by atoms with van der Waals surface area (Å²) in [6, 6.07) is 5.22. The normalized spacial score (nSPS) is 9.81. The summed E-state index contributed by atoms with van der Waals surface area (Å²) in [7, 11) is 0. The van der Waals surface area contributed by atoms with Crippen molar-refractivity contribution >= 4 is 16.9 Å². The van der Waals surface area contributed by atoms with E-state index < -0.39 is 5.97 Å². The molecular weight excluding hydrogens is 206 g/mol. The maximum atomic E-state index is 10.9. The van der Waals surface area contributed by atoms with E-state index in [-0.39, 0.29) is 12.2 Å². The molecule has 5 nitrogen and oxygen atoms in total. The maximum absolute atomic E-state index is 10.9. The minimum atomic E-state index is -1.06. The molecule has 1 aromatic carbocycles. The molecule has 80 valence electrons. The molecule has 0 saturated heterocycles. The lowest BCUT2D eigenvalue weighted by molar-refractivity contribution is 0.0692. The number of nitrogens with two attached hydrogens (primary N) is 1. The molecule has 0 saturated carbocycles. The quantitative estimate of drug-likeness (QED) is 0.606. The number of rotatable bonds is 1. The largest absolute Gasteiger partial charge is 0.476 e. The summed E-state index contributed by atoms with van der Waals surface area (Å²) in [5.41, 5.74) is 6.67. The van der Waals surface area contributed by atoms with Gasteiger partial charge in [-0.05, 0) is 18.2 Å². The van der Waals surface area contributed by atoms with Crippen LogP contribution in [0.1, 0.15) is 16.1 Å². The summed E-state index contributed by atoms with van der Waals surface area (Å²) in [6.45, 7) is 0.273. The molecule has 5 heteroatoms. The van der Waals surface area contributed by atoms with Crippen LogP contribution in [0.25, 0.3) is 10.9 Å². The van der Waals surface area contributed by atoms with Crippen LogP contribution >= 0.6 is 0 Å². The van der Waals surface area contributed by atoms with Crippen molar-refractivity contribution in [1.29, 1.82) is 0 Å². The number of aromatic carboxylic acids is 1. The molecule has 1 heterocycles. The third-order valence-corrected chi connectivity index (χ3v) is 2.10. The number of nitrogens with zero attached hydrogens (tertiary/aromatic N) is 1. The van der Waals surface area contributed by atoms with E-state index in [1.165, 1.54) is 0 Å². The number of aromatic nitrogens is 2. The van der Waals surface area contributed by atoms with E-state index in [0.717, 1.165) is 5.56 Å². The Kier molecular flexibility index (Phi) is 2.58. The first-order valence-electron chi connectivity index (χ1n) is 4.62. The van der Waals surface area contributed by atoms with Gasteiger partial charge in [0, 0.05) is 10.9 Å². The molecule has 0 spiro atoms. The predicted molar refractivity (Wildman–Crippen MR) is 59.0 cm³/mol. The van der Waals surface area contributed by atoms with Gasteiger partial charge in [-0.3, -0.25) is 5.10 Å². The number of fused-ring (bicyclic) bond motifs is 1. The number of hydrogen-bond acceptors (Lipinski definition) is 3. The molecule has 0 bridgehead atoms. The van der Waals surface area contributed by atoms with E-state index >= 15 is 0 Å². The lowest BCUT2D eigenvalue weighted by atomic mass is 10.1. The fraction of sp³-hybridized carbons (Fsp3) is 0.0909. The number of nitrogens with one attached hydrogen (secondary N) is 1.